The summed E-state index contributed by atoms with van der Waals surface area (Å²) in [6.07, 6.45) is 4.68. The Morgan fingerprint density at radius 1 is 0.975 bits per heavy atom. The molecule has 0 saturated carbocycles. The molecule has 208 valence electrons. The van der Waals surface area contributed by atoms with Crippen LogP contribution in [0.15, 0.2) is 66.9 Å². The smallest absolute Gasteiger partial charge is 0.324 e. The number of amides is 3. The highest BCUT2D eigenvalue weighted by Crippen LogP contribution is 2.32. The number of morpholine rings is 1. The molecule has 5 rings (SSSR count). The summed E-state index contributed by atoms with van der Waals surface area (Å²) in [5, 5.41) is 12.2. The van der Waals surface area contributed by atoms with Gasteiger partial charge in [-0.2, -0.15) is 5.10 Å². The lowest BCUT2D eigenvalue weighted by molar-refractivity contribution is -0.137. The maximum atomic E-state index is 13.3. The fourth-order valence-corrected chi connectivity index (χ4v) is 4.76. The van der Waals surface area contributed by atoms with Crippen molar-refractivity contribution in [3.05, 3.63) is 78.0 Å². The van der Waals surface area contributed by atoms with Gasteiger partial charge in [0, 0.05) is 29.4 Å². The summed E-state index contributed by atoms with van der Waals surface area (Å²) in [5.41, 5.74) is 3.65. The summed E-state index contributed by atoms with van der Waals surface area (Å²) < 4.78 is 13.0. The molecule has 1 fully saturated rings. The van der Waals surface area contributed by atoms with E-state index in [1.165, 1.54) is 0 Å². The van der Waals surface area contributed by atoms with Crippen molar-refractivity contribution >= 4 is 34.2 Å². The van der Waals surface area contributed by atoms with Gasteiger partial charge in [-0.3, -0.25) is 10.1 Å². The van der Waals surface area contributed by atoms with Gasteiger partial charge in [0.05, 0.1) is 30.8 Å². The minimum atomic E-state index is -0.368. The molecule has 1 saturated heterocycles. The number of carbonyl (C=O) groups is 2. The number of urea groups is 1. The summed E-state index contributed by atoms with van der Waals surface area (Å²) in [6.45, 7) is 6.36. The number of benzene rings is 3. The average molecular weight is 542 g/mol. The number of nitrogens with zero attached hydrogens (tertiary/aromatic N) is 3. The zero-order chi connectivity index (χ0) is 27.9. The van der Waals surface area contributed by atoms with Crippen LogP contribution < -0.4 is 15.4 Å². The van der Waals surface area contributed by atoms with Crippen LogP contribution in [0.3, 0.4) is 0 Å². The Bertz CT molecular complexity index is 1480. The molecule has 40 heavy (non-hydrogen) atoms. The number of hydrogen-bond acceptors (Lipinski definition) is 5. The second-order valence-electron chi connectivity index (χ2n) is 9.89. The van der Waals surface area contributed by atoms with Crippen molar-refractivity contribution in [2.24, 2.45) is 0 Å². The molecule has 0 spiro atoms. The summed E-state index contributed by atoms with van der Waals surface area (Å²) >= 11 is 0. The van der Waals surface area contributed by atoms with Crippen LogP contribution in [-0.4, -0.2) is 59.5 Å². The molecule has 3 amide bonds. The van der Waals surface area contributed by atoms with E-state index in [9.17, 15) is 9.59 Å². The third-order valence-corrected chi connectivity index (χ3v) is 7.00. The number of ether oxygens (including phenoxy) is 2. The second-order valence-corrected chi connectivity index (χ2v) is 9.89. The first kappa shape index (κ1) is 27.2. The van der Waals surface area contributed by atoms with Gasteiger partial charge < -0.3 is 19.7 Å². The molecule has 0 bridgehead atoms. The van der Waals surface area contributed by atoms with Crippen molar-refractivity contribution in [1.82, 2.24) is 14.7 Å². The van der Waals surface area contributed by atoms with E-state index in [2.05, 4.69) is 22.7 Å². The molecule has 0 atom stereocenters. The first-order valence-corrected chi connectivity index (χ1v) is 13.8. The third-order valence-electron chi connectivity index (χ3n) is 7.00. The van der Waals surface area contributed by atoms with Gasteiger partial charge in [-0.15, -0.1) is 0 Å². The summed E-state index contributed by atoms with van der Waals surface area (Å²) in [6, 6.07) is 18.9. The van der Waals surface area contributed by atoms with Crippen molar-refractivity contribution in [2.75, 3.05) is 43.5 Å². The number of rotatable bonds is 9. The van der Waals surface area contributed by atoms with E-state index in [0.717, 1.165) is 46.8 Å². The molecule has 1 aromatic heterocycles. The number of nitrogens with one attached hydrogen (secondary N) is 2. The van der Waals surface area contributed by atoms with Crippen LogP contribution in [0.25, 0.3) is 16.5 Å². The molecule has 9 nitrogen and oxygen atoms in total. The number of carbonyl (C=O) groups excluding carboxylic acids is 2. The molecule has 1 aliphatic heterocycles. The topological polar surface area (TPSA) is 97.7 Å². The number of aromatic nitrogens is 2. The molecule has 9 heteroatoms. The van der Waals surface area contributed by atoms with Crippen molar-refractivity contribution in [3.63, 3.8) is 0 Å². The number of fused-ring (bicyclic) bond motifs is 1. The minimum Gasteiger partial charge on any atom is -0.483 e. The van der Waals surface area contributed by atoms with Gasteiger partial charge in [-0.25, -0.2) is 9.48 Å². The lowest BCUT2D eigenvalue weighted by atomic mass is 10.1. The van der Waals surface area contributed by atoms with Gasteiger partial charge in [0.2, 0.25) is 0 Å². The molecule has 0 aliphatic carbocycles. The Balaban J connectivity index is 1.34. The predicted molar refractivity (Wildman–Crippen MR) is 156 cm³/mol. The molecule has 1 aliphatic rings. The Hall–Kier alpha value is -4.37. The Morgan fingerprint density at radius 2 is 1.73 bits per heavy atom. The van der Waals surface area contributed by atoms with Gasteiger partial charge in [0.1, 0.15) is 11.6 Å². The molecule has 2 N–H and O–H groups in total. The predicted octanol–water partition coefficient (Wildman–Crippen LogP) is 5.56. The van der Waals surface area contributed by atoms with Gasteiger partial charge in [-0.1, -0.05) is 55.3 Å². The van der Waals surface area contributed by atoms with E-state index in [1.807, 2.05) is 61.7 Å². The number of hydrogen-bond donors (Lipinski definition) is 2. The molecule has 3 aromatic carbocycles. The van der Waals surface area contributed by atoms with Crippen molar-refractivity contribution in [3.8, 4) is 11.4 Å². The van der Waals surface area contributed by atoms with Gasteiger partial charge in [0.15, 0.2) is 6.61 Å². The number of unbranched alkanes of at least 4 members (excludes halogenated alkanes) is 1. The van der Waals surface area contributed by atoms with E-state index in [0.29, 0.717) is 43.6 Å². The molecular formula is C31H35N5O4. The lowest BCUT2D eigenvalue weighted by Crippen LogP contribution is -2.42. The maximum Gasteiger partial charge on any atom is 0.324 e. The van der Waals surface area contributed by atoms with Crippen LogP contribution in [0.2, 0.25) is 0 Å². The van der Waals surface area contributed by atoms with Crippen molar-refractivity contribution in [2.45, 2.75) is 33.1 Å². The summed E-state index contributed by atoms with van der Waals surface area (Å²) in [4.78, 5) is 27.6. The van der Waals surface area contributed by atoms with Crippen molar-refractivity contribution < 1.29 is 19.1 Å². The van der Waals surface area contributed by atoms with Crippen LogP contribution in [0, 0.1) is 6.92 Å². The minimum absolute atomic E-state index is 0.0548. The van der Waals surface area contributed by atoms with Crippen LogP contribution in [0.4, 0.5) is 16.3 Å². The van der Waals surface area contributed by atoms with E-state index >= 15 is 0 Å². The summed E-state index contributed by atoms with van der Waals surface area (Å²) in [7, 11) is 0. The fraction of sp³-hybridized carbons (Fsp3) is 0.323. The second kappa shape index (κ2) is 12.7. The summed E-state index contributed by atoms with van der Waals surface area (Å²) in [5.74, 6) is 1.17. The van der Waals surface area contributed by atoms with E-state index in [1.54, 1.807) is 21.7 Å². The maximum absolute atomic E-state index is 13.3. The highest BCUT2D eigenvalue weighted by atomic mass is 16.5. The Kier molecular flexibility index (Phi) is 8.61. The zero-order valence-electron chi connectivity index (χ0n) is 23.0. The first-order chi connectivity index (χ1) is 19.5. The van der Waals surface area contributed by atoms with Crippen LogP contribution in [0.1, 0.15) is 30.9 Å². The largest absolute Gasteiger partial charge is 0.483 e. The Morgan fingerprint density at radius 3 is 2.48 bits per heavy atom. The van der Waals surface area contributed by atoms with Crippen LogP contribution in [0.5, 0.6) is 5.75 Å². The highest BCUT2D eigenvalue weighted by molar-refractivity contribution is 6.07. The standard InChI is InChI=1S/C31H35N5O4/c1-3-4-7-23-20-32-36(24-12-10-22(2)11-13-24)30(23)34-31(38)33-27-14-15-28(26-9-6-5-8-25(26)27)40-21-29(37)35-16-18-39-19-17-35/h5-6,8-15,20H,3-4,7,16-19,21H2,1-2H3,(H2,33,34,38). The van der Waals surface area contributed by atoms with Gasteiger partial charge in [-0.05, 0) is 44.0 Å². The SMILES string of the molecule is CCCCc1cnn(-c2ccc(C)cc2)c1NC(=O)Nc1ccc(OCC(=O)N2CCOCC2)c2ccccc12. The molecule has 0 unspecified atom stereocenters. The quantitative estimate of drug-likeness (QED) is 0.289. The molecular weight excluding hydrogens is 506 g/mol. The van der Waals surface area contributed by atoms with Gasteiger partial charge >= 0.3 is 6.03 Å². The highest BCUT2D eigenvalue weighted by Gasteiger charge is 2.19. The van der Waals surface area contributed by atoms with E-state index < -0.39 is 0 Å². The van der Waals surface area contributed by atoms with E-state index in [4.69, 9.17) is 9.47 Å². The molecule has 4 aromatic rings. The lowest BCUT2D eigenvalue weighted by Gasteiger charge is -2.26. The van der Waals surface area contributed by atoms with Crippen molar-refractivity contribution in [1.29, 1.82) is 0 Å². The Labute approximate surface area is 234 Å². The zero-order valence-corrected chi connectivity index (χ0v) is 23.0. The van der Waals surface area contributed by atoms with Crippen LogP contribution >= 0.6 is 0 Å². The number of aryl methyl sites for hydroxylation is 2. The normalized spacial score (nSPS) is 13.3. The molecule has 0 radical (unpaired) electrons. The monoisotopic (exact) mass is 541 g/mol. The van der Waals surface area contributed by atoms with Gasteiger partial charge in [0.25, 0.3) is 5.91 Å². The number of anilines is 2. The fourth-order valence-electron chi connectivity index (χ4n) is 4.76. The van der Waals surface area contributed by atoms with Crippen LogP contribution in [-0.2, 0) is 16.0 Å². The first-order valence-electron chi connectivity index (χ1n) is 13.8. The van der Waals surface area contributed by atoms with E-state index in [-0.39, 0.29) is 18.5 Å². The average Bonchev–Trinajstić information content (AvgIpc) is 3.38. The third kappa shape index (κ3) is 6.26. The molecule has 2 heterocycles.